The summed E-state index contributed by atoms with van der Waals surface area (Å²) in [5, 5.41) is 3.49. The minimum absolute atomic E-state index is 0.262. The van der Waals surface area contributed by atoms with E-state index in [0.717, 1.165) is 23.4 Å². The monoisotopic (exact) mass is 294 g/mol. The number of nitrogens with one attached hydrogen (secondary N) is 3. The molecule has 0 atom stereocenters. The molecule has 0 aliphatic heterocycles. The predicted molar refractivity (Wildman–Crippen MR) is 83.5 cm³/mol. The average Bonchev–Trinajstić information content (AvgIpc) is 2.49. The molecule has 0 bridgehead atoms. The Morgan fingerprint density at radius 3 is 2.70 bits per heavy atom. The van der Waals surface area contributed by atoms with Crippen molar-refractivity contribution in [1.29, 1.82) is 0 Å². The first-order chi connectivity index (χ1) is 9.74. The number of amides is 1. The Morgan fingerprint density at radius 2 is 2.05 bits per heavy atom. The molecule has 1 aliphatic carbocycles. The van der Waals surface area contributed by atoms with E-state index in [9.17, 15) is 4.79 Å². The lowest BCUT2D eigenvalue weighted by Crippen LogP contribution is -2.31. The molecule has 1 aromatic rings. The molecule has 0 aromatic heterocycles. The van der Waals surface area contributed by atoms with Crippen LogP contribution in [-0.2, 0) is 0 Å². The zero-order valence-electron chi connectivity index (χ0n) is 11.7. The molecule has 20 heavy (non-hydrogen) atoms. The fourth-order valence-electron chi connectivity index (χ4n) is 2.56. The van der Waals surface area contributed by atoms with Gasteiger partial charge in [-0.2, -0.15) is 0 Å². The van der Waals surface area contributed by atoms with E-state index >= 15 is 0 Å². The van der Waals surface area contributed by atoms with Gasteiger partial charge < -0.3 is 5.32 Å². The maximum absolute atomic E-state index is 11.9. The van der Waals surface area contributed by atoms with Crippen LogP contribution in [0.4, 0.5) is 5.69 Å². The highest BCUT2D eigenvalue weighted by atomic mass is 32.2. The van der Waals surface area contributed by atoms with E-state index in [-0.39, 0.29) is 5.91 Å². The molecule has 1 saturated carbocycles. The van der Waals surface area contributed by atoms with Gasteiger partial charge in [-0.05, 0) is 50.0 Å². The standard InChI is InChI=1S/C14H22N4OS/c1-16-20-11-7-8-13(12(9-11)14(19)18-15)17-10-5-3-2-4-6-10/h7-10,16-17H,2-6,15H2,1H3,(H,18,19). The minimum Gasteiger partial charge on any atom is -0.382 e. The Morgan fingerprint density at radius 1 is 1.30 bits per heavy atom. The summed E-state index contributed by atoms with van der Waals surface area (Å²) in [6.45, 7) is 0. The smallest absolute Gasteiger partial charge is 0.267 e. The Balaban J connectivity index is 2.18. The molecule has 2 rings (SSSR count). The van der Waals surface area contributed by atoms with Crippen LogP contribution in [0.3, 0.4) is 0 Å². The van der Waals surface area contributed by atoms with Crippen LogP contribution in [0.15, 0.2) is 23.1 Å². The van der Waals surface area contributed by atoms with Crippen LogP contribution in [0, 0.1) is 0 Å². The normalized spacial score (nSPS) is 15.9. The van der Waals surface area contributed by atoms with E-state index in [1.807, 2.05) is 25.2 Å². The van der Waals surface area contributed by atoms with Crippen molar-refractivity contribution in [2.75, 3.05) is 12.4 Å². The highest BCUT2D eigenvalue weighted by Gasteiger charge is 2.17. The van der Waals surface area contributed by atoms with E-state index in [1.54, 1.807) is 0 Å². The topological polar surface area (TPSA) is 79.2 Å². The van der Waals surface area contributed by atoms with Gasteiger partial charge in [0.25, 0.3) is 5.91 Å². The zero-order valence-corrected chi connectivity index (χ0v) is 12.6. The van der Waals surface area contributed by atoms with Crippen LogP contribution in [0.5, 0.6) is 0 Å². The Kier molecular flexibility index (Phi) is 5.70. The maximum atomic E-state index is 11.9. The number of hydrogen-bond donors (Lipinski definition) is 4. The second-order valence-corrected chi connectivity index (χ2v) is 6.05. The summed E-state index contributed by atoms with van der Waals surface area (Å²) in [5.41, 5.74) is 3.68. The summed E-state index contributed by atoms with van der Waals surface area (Å²) in [6.07, 6.45) is 6.15. The van der Waals surface area contributed by atoms with Gasteiger partial charge in [0, 0.05) is 16.6 Å². The van der Waals surface area contributed by atoms with E-state index in [1.165, 1.54) is 31.2 Å². The summed E-state index contributed by atoms with van der Waals surface area (Å²) < 4.78 is 3.00. The first-order valence-electron chi connectivity index (χ1n) is 6.99. The van der Waals surface area contributed by atoms with Crippen LogP contribution in [0.2, 0.25) is 0 Å². The molecule has 1 fully saturated rings. The second kappa shape index (κ2) is 7.52. The lowest BCUT2D eigenvalue weighted by Gasteiger charge is -2.25. The molecule has 6 heteroatoms. The van der Waals surface area contributed by atoms with Crippen molar-refractivity contribution < 1.29 is 4.79 Å². The first kappa shape index (κ1) is 15.2. The van der Waals surface area contributed by atoms with Gasteiger partial charge in [0.05, 0.1) is 5.56 Å². The van der Waals surface area contributed by atoms with Crippen molar-refractivity contribution in [1.82, 2.24) is 10.1 Å². The summed E-state index contributed by atoms with van der Waals surface area (Å²) in [7, 11) is 1.85. The Bertz CT molecular complexity index is 460. The van der Waals surface area contributed by atoms with E-state index in [2.05, 4.69) is 15.5 Å². The van der Waals surface area contributed by atoms with Crippen LogP contribution in [0.1, 0.15) is 42.5 Å². The molecule has 1 aliphatic rings. The van der Waals surface area contributed by atoms with Gasteiger partial charge in [-0.1, -0.05) is 19.3 Å². The molecule has 110 valence electrons. The molecule has 0 saturated heterocycles. The average molecular weight is 294 g/mol. The van der Waals surface area contributed by atoms with Gasteiger partial charge in [-0.25, -0.2) is 5.84 Å². The second-order valence-electron chi connectivity index (χ2n) is 4.97. The lowest BCUT2D eigenvalue weighted by atomic mass is 9.95. The van der Waals surface area contributed by atoms with Gasteiger partial charge in [0.2, 0.25) is 0 Å². The molecule has 5 N–H and O–H groups in total. The lowest BCUT2D eigenvalue weighted by molar-refractivity contribution is 0.0954. The van der Waals surface area contributed by atoms with E-state index in [0.29, 0.717) is 11.6 Å². The van der Waals surface area contributed by atoms with Crippen LogP contribution in [0.25, 0.3) is 0 Å². The number of hydrazine groups is 1. The number of carbonyl (C=O) groups is 1. The molecule has 1 amide bonds. The third kappa shape index (κ3) is 3.88. The first-order valence-corrected chi connectivity index (χ1v) is 7.81. The largest absolute Gasteiger partial charge is 0.382 e. The molecule has 0 spiro atoms. The number of anilines is 1. The van der Waals surface area contributed by atoms with Crippen molar-refractivity contribution in [2.45, 2.75) is 43.0 Å². The number of benzene rings is 1. The predicted octanol–water partition coefficient (Wildman–Crippen LogP) is 2.26. The van der Waals surface area contributed by atoms with Crippen molar-refractivity contribution >= 4 is 23.5 Å². The number of hydrogen-bond acceptors (Lipinski definition) is 5. The summed E-state index contributed by atoms with van der Waals surface area (Å²) >= 11 is 1.47. The van der Waals surface area contributed by atoms with Crippen LogP contribution in [-0.4, -0.2) is 19.0 Å². The highest BCUT2D eigenvalue weighted by Crippen LogP contribution is 2.26. The fraction of sp³-hybridized carbons (Fsp3) is 0.500. The zero-order chi connectivity index (χ0) is 14.4. The van der Waals surface area contributed by atoms with Crippen molar-refractivity contribution in [2.24, 2.45) is 5.84 Å². The number of nitrogen functional groups attached to an aromatic ring is 1. The van der Waals surface area contributed by atoms with E-state index in [4.69, 9.17) is 5.84 Å². The van der Waals surface area contributed by atoms with Gasteiger partial charge in [0.15, 0.2) is 0 Å². The SMILES string of the molecule is CNSc1ccc(NC2CCCCC2)c(C(=O)NN)c1. The third-order valence-electron chi connectivity index (χ3n) is 3.55. The Labute approximate surface area is 124 Å². The molecule has 5 nitrogen and oxygen atoms in total. The fourth-order valence-corrected chi connectivity index (χ4v) is 3.11. The highest BCUT2D eigenvalue weighted by molar-refractivity contribution is 7.97. The van der Waals surface area contributed by atoms with Crippen molar-refractivity contribution in [3.8, 4) is 0 Å². The minimum atomic E-state index is -0.262. The van der Waals surface area contributed by atoms with Crippen LogP contribution >= 0.6 is 11.9 Å². The van der Waals surface area contributed by atoms with Gasteiger partial charge >= 0.3 is 0 Å². The van der Waals surface area contributed by atoms with Gasteiger partial charge in [-0.15, -0.1) is 0 Å². The van der Waals surface area contributed by atoms with Gasteiger partial charge in [-0.3, -0.25) is 14.9 Å². The van der Waals surface area contributed by atoms with E-state index < -0.39 is 0 Å². The van der Waals surface area contributed by atoms with Gasteiger partial charge in [0.1, 0.15) is 0 Å². The quantitative estimate of drug-likeness (QED) is 0.290. The maximum Gasteiger partial charge on any atom is 0.267 e. The van der Waals surface area contributed by atoms with Crippen molar-refractivity contribution in [3.05, 3.63) is 23.8 Å². The molecule has 0 unspecified atom stereocenters. The third-order valence-corrected chi connectivity index (χ3v) is 4.25. The number of carbonyl (C=O) groups excluding carboxylic acids is 1. The summed E-state index contributed by atoms with van der Waals surface area (Å²) in [5.74, 6) is 5.02. The summed E-state index contributed by atoms with van der Waals surface area (Å²) in [4.78, 5) is 12.9. The molecule has 0 radical (unpaired) electrons. The molecule has 0 heterocycles. The number of rotatable bonds is 5. The van der Waals surface area contributed by atoms with Crippen LogP contribution < -0.4 is 21.3 Å². The molecular formula is C14H22N4OS. The Hall–Kier alpha value is -1.24. The molecular weight excluding hydrogens is 272 g/mol. The number of nitrogens with two attached hydrogens (primary N) is 1. The molecule has 1 aromatic carbocycles. The summed E-state index contributed by atoms with van der Waals surface area (Å²) in [6, 6.07) is 6.27. The van der Waals surface area contributed by atoms with Crippen molar-refractivity contribution in [3.63, 3.8) is 0 Å².